The fraction of sp³-hybridized carbons (Fsp3) is 0.733. The lowest BCUT2D eigenvalue weighted by Crippen LogP contribution is -2.22. The number of aromatic nitrogens is 2. The van der Waals surface area contributed by atoms with Crippen molar-refractivity contribution in [3.8, 4) is 12.1 Å². The number of carboxylic acids is 1. The molecular weight excluding hydrogens is 577 g/mol. The summed E-state index contributed by atoms with van der Waals surface area (Å²) < 4.78 is 2.01. The second kappa shape index (κ2) is 21.3. The summed E-state index contributed by atoms with van der Waals surface area (Å²) in [5.74, 6) is -0.863. The molecule has 6 nitrogen and oxygen atoms in total. The molecule has 0 radical (unpaired) electrons. The Bertz CT molecular complexity index is 1010. The summed E-state index contributed by atoms with van der Waals surface area (Å²) in [6, 6.07) is 6.48. The molecule has 0 saturated carbocycles. The minimum absolute atomic E-state index is 0.0118. The summed E-state index contributed by atoms with van der Waals surface area (Å²) in [5.41, 5.74) is 1.95. The molecule has 0 aliphatic heterocycles. The quantitative estimate of drug-likeness (QED) is 0.134. The van der Waals surface area contributed by atoms with Gasteiger partial charge in [-0.3, -0.25) is 4.79 Å². The number of carbonyl (C=O) groups is 1. The molecule has 0 saturated heterocycles. The smallest absolute Gasteiger partial charge is 0.303 e. The highest BCUT2D eigenvalue weighted by atomic mass is 32.2. The summed E-state index contributed by atoms with van der Waals surface area (Å²) in [5, 5.41) is 31.4. The van der Waals surface area contributed by atoms with Gasteiger partial charge in [0.05, 0.1) is 17.8 Å². The van der Waals surface area contributed by atoms with E-state index < -0.39 is 15.5 Å². The number of carboxylic acid groups (broad SMARTS) is 1. The maximum absolute atomic E-state index is 10.7. The zero-order valence-electron chi connectivity index (χ0n) is 25.3. The number of nitriles is 2. The molecule has 0 spiro atoms. The summed E-state index contributed by atoms with van der Waals surface area (Å²) >= 11 is 13.5. The van der Waals surface area contributed by atoms with Gasteiger partial charge in [0.2, 0.25) is 0 Å². The van der Waals surface area contributed by atoms with E-state index in [1.54, 1.807) is 11.6 Å². The van der Waals surface area contributed by atoms with Crippen LogP contribution in [0.1, 0.15) is 129 Å². The van der Waals surface area contributed by atoms with Gasteiger partial charge < -0.3 is 5.11 Å². The van der Waals surface area contributed by atoms with Gasteiger partial charge in [0.15, 0.2) is 4.32 Å². The Hall–Kier alpha value is -1.46. The standard InChI is InChI=1S/C19H33NO2S2.C11H15N3S2/c1-3-4-5-6-7-8-9-10-11-12-13-18(23)24-19(2,16-20)15-14-17(21)22;1-5-11(4,7-12)16-10(15)14-9(3)6-8(2)13-14/h3-15H2,1-2H3,(H,21,22);6H,5H2,1-4H3. The predicted molar refractivity (Wildman–Crippen MR) is 179 cm³/mol. The van der Waals surface area contributed by atoms with Crippen LogP contribution in [0.3, 0.4) is 0 Å². The monoisotopic (exact) mass is 624 g/mol. The fourth-order valence-corrected chi connectivity index (χ4v) is 7.04. The number of aryl methyl sites for hydroxylation is 2. The van der Waals surface area contributed by atoms with Crippen LogP contribution >= 0.6 is 48.0 Å². The zero-order chi connectivity index (χ0) is 30.6. The van der Waals surface area contributed by atoms with Gasteiger partial charge in [-0.15, -0.1) is 0 Å². The lowest BCUT2D eigenvalue weighted by molar-refractivity contribution is -0.137. The molecular formula is C30H48N4O2S4. The van der Waals surface area contributed by atoms with Gasteiger partial charge in [-0.25, -0.2) is 4.68 Å². The van der Waals surface area contributed by atoms with Crippen LogP contribution in [0.2, 0.25) is 0 Å². The van der Waals surface area contributed by atoms with E-state index in [0.717, 1.165) is 34.8 Å². The van der Waals surface area contributed by atoms with Crippen molar-refractivity contribution < 1.29 is 9.90 Å². The van der Waals surface area contributed by atoms with E-state index in [1.165, 1.54) is 81.3 Å². The minimum Gasteiger partial charge on any atom is -0.481 e. The molecule has 1 N–H and O–H groups in total. The van der Waals surface area contributed by atoms with Gasteiger partial charge in [-0.05, 0) is 59.4 Å². The normalized spacial score (nSPS) is 13.6. The number of rotatable bonds is 17. The Labute approximate surface area is 262 Å². The summed E-state index contributed by atoms with van der Waals surface area (Å²) in [4.78, 5) is 10.7. The summed E-state index contributed by atoms with van der Waals surface area (Å²) in [6.45, 7) is 11.8. The van der Waals surface area contributed by atoms with Crippen molar-refractivity contribution in [1.29, 1.82) is 10.5 Å². The van der Waals surface area contributed by atoms with Gasteiger partial charge in [-0.1, -0.05) is 120 Å². The van der Waals surface area contributed by atoms with Gasteiger partial charge >= 0.3 is 5.97 Å². The van der Waals surface area contributed by atoms with Crippen molar-refractivity contribution >= 4 is 62.4 Å². The molecule has 40 heavy (non-hydrogen) atoms. The van der Waals surface area contributed by atoms with Gasteiger partial charge in [-0.2, -0.15) is 15.6 Å². The number of nitrogens with zero attached hydrogens (tertiary/aromatic N) is 4. The van der Waals surface area contributed by atoms with Crippen molar-refractivity contribution in [1.82, 2.24) is 9.78 Å². The average Bonchev–Trinajstić information content (AvgIpc) is 3.26. The van der Waals surface area contributed by atoms with Crippen molar-refractivity contribution in [2.75, 3.05) is 0 Å². The molecule has 1 aromatic heterocycles. The zero-order valence-corrected chi connectivity index (χ0v) is 28.5. The molecule has 2 atom stereocenters. The molecule has 2 unspecified atom stereocenters. The van der Waals surface area contributed by atoms with Crippen molar-refractivity contribution in [2.24, 2.45) is 0 Å². The molecule has 1 heterocycles. The Morgan fingerprint density at radius 3 is 1.88 bits per heavy atom. The predicted octanol–water partition coefficient (Wildman–Crippen LogP) is 9.56. The maximum Gasteiger partial charge on any atom is 0.303 e. The number of thiocarbonyl (C=S) groups is 2. The summed E-state index contributed by atoms with van der Waals surface area (Å²) in [6.07, 6.45) is 14.9. The Balaban J connectivity index is 0.000000821. The van der Waals surface area contributed by atoms with E-state index in [4.69, 9.17) is 34.8 Å². The Morgan fingerprint density at radius 1 is 0.925 bits per heavy atom. The molecule has 0 amide bonds. The molecule has 0 aliphatic carbocycles. The first kappa shape index (κ1) is 38.5. The molecule has 1 rings (SSSR count). The first-order valence-electron chi connectivity index (χ1n) is 14.4. The Kier molecular flexibility index (Phi) is 20.5. The minimum atomic E-state index is -0.863. The van der Waals surface area contributed by atoms with Crippen LogP contribution in [-0.4, -0.2) is 38.9 Å². The molecule has 224 valence electrons. The fourth-order valence-electron chi connectivity index (χ4n) is 3.76. The van der Waals surface area contributed by atoms with Crippen molar-refractivity contribution in [2.45, 2.75) is 141 Å². The molecule has 0 bridgehead atoms. The van der Waals surface area contributed by atoms with Crippen LogP contribution in [0.25, 0.3) is 0 Å². The molecule has 0 aromatic carbocycles. The average molecular weight is 625 g/mol. The first-order chi connectivity index (χ1) is 18.8. The third kappa shape index (κ3) is 17.4. The first-order valence-corrected chi connectivity index (χ1v) is 16.8. The second-order valence-corrected chi connectivity index (χ2v) is 15.0. The number of unbranched alkanes of at least 4 members (excludes halogenated alkanes) is 9. The molecule has 0 aliphatic rings. The van der Waals surface area contributed by atoms with E-state index in [1.807, 2.05) is 33.8 Å². The van der Waals surface area contributed by atoms with E-state index >= 15 is 0 Å². The Morgan fingerprint density at radius 2 is 1.45 bits per heavy atom. The van der Waals surface area contributed by atoms with Crippen molar-refractivity contribution in [3.05, 3.63) is 17.5 Å². The number of hydrogen-bond acceptors (Lipinski definition) is 8. The van der Waals surface area contributed by atoms with Crippen LogP contribution in [0.15, 0.2) is 6.07 Å². The number of aliphatic carboxylic acids is 1. The van der Waals surface area contributed by atoms with E-state index in [9.17, 15) is 10.1 Å². The van der Waals surface area contributed by atoms with Crippen molar-refractivity contribution in [3.63, 3.8) is 0 Å². The highest BCUT2D eigenvalue weighted by molar-refractivity contribution is 8.24. The van der Waals surface area contributed by atoms with Gasteiger partial charge in [0.25, 0.3) is 0 Å². The van der Waals surface area contributed by atoms with Crippen LogP contribution in [0, 0.1) is 36.5 Å². The summed E-state index contributed by atoms with van der Waals surface area (Å²) in [7, 11) is 0. The van der Waals surface area contributed by atoms with Gasteiger partial charge in [0.1, 0.15) is 9.49 Å². The SMILES string of the molecule is CCC(C)(C#N)SC(=S)n1nc(C)cc1C.CCCCCCCCCCCCC(=S)SC(C)(C#N)CCC(=O)O. The molecule has 0 fully saturated rings. The van der Waals surface area contributed by atoms with E-state index in [2.05, 4.69) is 24.2 Å². The third-order valence-corrected chi connectivity index (χ3v) is 9.77. The molecule has 1 aromatic rings. The van der Waals surface area contributed by atoms with Crippen LogP contribution < -0.4 is 0 Å². The second-order valence-electron chi connectivity index (χ2n) is 10.5. The topological polar surface area (TPSA) is 103 Å². The van der Waals surface area contributed by atoms with Crippen LogP contribution in [0.5, 0.6) is 0 Å². The van der Waals surface area contributed by atoms with E-state index in [0.29, 0.717) is 10.7 Å². The maximum atomic E-state index is 10.7. The number of hydrogen-bond donors (Lipinski definition) is 1. The largest absolute Gasteiger partial charge is 0.481 e. The van der Waals surface area contributed by atoms with Crippen LogP contribution in [-0.2, 0) is 4.79 Å². The number of thioether (sulfide) groups is 2. The highest BCUT2D eigenvalue weighted by Crippen LogP contribution is 2.32. The third-order valence-electron chi connectivity index (χ3n) is 6.53. The van der Waals surface area contributed by atoms with E-state index in [-0.39, 0.29) is 6.42 Å². The lowest BCUT2D eigenvalue weighted by atomic mass is 10.1. The molecule has 10 heteroatoms. The van der Waals surface area contributed by atoms with Gasteiger partial charge in [0, 0.05) is 16.3 Å². The van der Waals surface area contributed by atoms with Crippen LogP contribution in [0.4, 0.5) is 0 Å². The highest BCUT2D eigenvalue weighted by Gasteiger charge is 2.27. The lowest BCUT2D eigenvalue weighted by Gasteiger charge is -2.20.